The van der Waals surface area contributed by atoms with Crippen LogP contribution in [0, 0.1) is 11.8 Å². The molecule has 0 saturated carbocycles. The Bertz CT molecular complexity index is 408. The van der Waals surface area contributed by atoms with Crippen LogP contribution in [0.2, 0.25) is 0 Å². The molecular formula is C15H22N2O2. The van der Waals surface area contributed by atoms with Crippen molar-refractivity contribution in [3.8, 4) is 5.75 Å². The van der Waals surface area contributed by atoms with Crippen LogP contribution in [0.15, 0.2) is 30.3 Å². The molecule has 104 valence electrons. The summed E-state index contributed by atoms with van der Waals surface area (Å²) in [6.07, 6.45) is 0. The molecule has 4 heteroatoms. The SMILES string of the molecule is C[C@@H]1CNC[C@H]1C(=O)N(C)CCOc1ccccc1. The van der Waals surface area contributed by atoms with E-state index >= 15 is 0 Å². The van der Waals surface area contributed by atoms with E-state index < -0.39 is 0 Å². The number of likely N-dealkylation sites (N-methyl/N-ethyl adjacent to an activating group) is 1. The Kier molecular flexibility index (Phi) is 4.80. The molecule has 1 N–H and O–H groups in total. The summed E-state index contributed by atoms with van der Waals surface area (Å²) >= 11 is 0. The van der Waals surface area contributed by atoms with Gasteiger partial charge in [0.2, 0.25) is 5.91 Å². The lowest BCUT2D eigenvalue weighted by Crippen LogP contribution is -2.38. The number of carbonyl (C=O) groups excluding carboxylic acids is 1. The van der Waals surface area contributed by atoms with E-state index in [4.69, 9.17) is 4.74 Å². The number of benzene rings is 1. The molecule has 0 spiro atoms. The summed E-state index contributed by atoms with van der Waals surface area (Å²) in [5.74, 6) is 1.60. The normalized spacial score (nSPS) is 22.2. The topological polar surface area (TPSA) is 41.6 Å². The third kappa shape index (κ3) is 3.70. The lowest BCUT2D eigenvalue weighted by molar-refractivity contribution is -0.134. The Morgan fingerprint density at radius 3 is 2.74 bits per heavy atom. The molecule has 1 aromatic carbocycles. The molecule has 1 saturated heterocycles. The van der Waals surface area contributed by atoms with Crippen LogP contribution in [0.4, 0.5) is 0 Å². The molecule has 19 heavy (non-hydrogen) atoms. The highest BCUT2D eigenvalue weighted by Gasteiger charge is 2.31. The third-order valence-electron chi connectivity index (χ3n) is 3.65. The van der Waals surface area contributed by atoms with Crippen LogP contribution in [-0.2, 0) is 4.79 Å². The van der Waals surface area contributed by atoms with Crippen molar-refractivity contribution in [3.05, 3.63) is 30.3 Å². The number of amides is 1. The highest BCUT2D eigenvalue weighted by molar-refractivity contribution is 5.79. The molecular weight excluding hydrogens is 240 g/mol. The quantitative estimate of drug-likeness (QED) is 0.871. The van der Waals surface area contributed by atoms with Gasteiger partial charge in [-0.1, -0.05) is 25.1 Å². The molecule has 0 bridgehead atoms. The summed E-state index contributed by atoms with van der Waals surface area (Å²) < 4.78 is 5.61. The van der Waals surface area contributed by atoms with Crippen molar-refractivity contribution in [1.29, 1.82) is 0 Å². The van der Waals surface area contributed by atoms with E-state index in [-0.39, 0.29) is 11.8 Å². The van der Waals surface area contributed by atoms with Crippen molar-refractivity contribution in [2.75, 3.05) is 33.3 Å². The fraction of sp³-hybridized carbons (Fsp3) is 0.533. The van der Waals surface area contributed by atoms with E-state index in [1.54, 1.807) is 4.90 Å². The van der Waals surface area contributed by atoms with Crippen LogP contribution < -0.4 is 10.1 Å². The fourth-order valence-electron chi connectivity index (χ4n) is 2.35. The van der Waals surface area contributed by atoms with E-state index in [1.165, 1.54) is 0 Å². The number of rotatable bonds is 5. The summed E-state index contributed by atoms with van der Waals surface area (Å²) in [6, 6.07) is 9.68. The van der Waals surface area contributed by atoms with E-state index in [1.807, 2.05) is 37.4 Å². The van der Waals surface area contributed by atoms with Gasteiger partial charge in [0.25, 0.3) is 0 Å². The van der Waals surface area contributed by atoms with Gasteiger partial charge in [-0.15, -0.1) is 0 Å². The lowest BCUT2D eigenvalue weighted by Gasteiger charge is -2.22. The molecule has 1 heterocycles. The van der Waals surface area contributed by atoms with Crippen molar-refractivity contribution < 1.29 is 9.53 Å². The zero-order valence-electron chi connectivity index (χ0n) is 11.6. The van der Waals surface area contributed by atoms with Crippen molar-refractivity contribution in [2.45, 2.75) is 6.92 Å². The highest BCUT2D eigenvalue weighted by Crippen LogP contribution is 2.18. The number of hydrogen-bond donors (Lipinski definition) is 1. The number of nitrogens with zero attached hydrogens (tertiary/aromatic N) is 1. The Morgan fingerprint density at radius 2 is 2.11 bits per heavy atom. The molecule has 0 radical (unpaired) electrons. The Hall–Kier alpha value is -1.55. The first-order valence-electron chi connectivity index (χ1n) is 6.82. The minimum absolute atomic E-state index is 0.113. The number of ether oxygens (including phenoxy) is 1. The molecule has 1 aliphatic rings. The maximum atomic E-state index is 12.2. The first-order valence-corrected chi connectivity index (χ1v) is 6.82. The van der Waals surface area contributed by atoms with Gasteiger partial charge in [-0.25, -0.2) is 0 Å². The average molecular weight is 262 g/mol. The Morgan fingerprint density at radius 1 is 1.37 bits per heavy atom. The second-order valence-corrected chi connectivity index (χ2v) is 5.16. The van der Waals surface area contributed by atoms with Crippen LogP contribution in [0.3, 0.4) is 0 Å². The maximum Gasteiger partial charge on any atom is 0.227 e. The van der Waals surface area contributed by atoms with Crippen molar-refractivity contribution in [1.82, 2.24) is 10.2 Å². The van der Waals surface area contributed by atoms with Gasteiger partial charge in [0.15, 0.2) is 0 Å². The first-order chi connectivity index (χ1) is 9.18. The molecule has 2 atom stereocenters. The maximum absolute atomic E-state index is 12.2. The number of hydrogen-bond acceptors (Lipinski definition) is 3. The molecule has 0 aromatic heterocycles. The van der Waals surface area contributed by atoms with Gasteiger partial charge < -0.3 is 15.0 Å². The highest BCUT2D eigenvalue weighted by atomic mass is 16.5. The van der Waals surface area contributed by atoms with Crippen LogP contribution in [-0.4, -0.2) is 44.1 Å². The largest absolute Gasteiger partial charge is 0.492 e. The van der Waals surface area contributed by atoms with E-state index in [0.29, 0.717) is 19.1 Å². The average Bonchev–Trinajstić information content (AvgIpc) is 2.85. The fourth-order valence-corrected chi connectivity index (χ4v) is 2.35. The van der Waals surface area contributed by atoms with Crippen LogP contribution in [0.1, 0.15) is 6.92 Å². The second kappa shape index (κ2) is 6.57. The minimum Gasteiger partial charge on any atom is -0.492 e. The van der Waals surface area contributed by atoms with Crippen LogP contribution in [0.5, 0.6) is 5.75 Å². The number of para-hydroxylation sites is 1. The van der Waals surface area contributed by atoms with Gasteiger partial charge in [0.1, 0.15) is 12.4 Å². The summed E-state index contributed by atoms with van der Waals surface area (Å²) in [5.41, 5.74) is 0. The van der Waals surface area contributed by atoms with Gasteiger partial charge in [0, 0.05) is 13.6 Å². The second-order valence-electron chi connectivity index (χ2n) is 5.16. The predicted molar refractivity (Wildman–Crippen MR) is 75.1 cm³/mol. The lowest BCUT2D eigenvalue weighted by atomic mass is 9.97. The first kappa shape index (κ1) is 13.9. The molecule has 4 nitrogen and oxygen atoms in total. The van der Waals surface area contributed by atoms with E-state index in [2.05, 4.69) is 12.2 Å². The van der Waals surface area contributed by atoms with Gasteiger partial charge in [-0.05, 0) is 24.6 Å². The van der Waals surface area contributed by atoms with Crippen molar-refractivity contribution in [2.24, 2.45) is 11.8 Å². The number of carbonyl (C=O) groups is 1. The molecule has 0 aliphatic carbocycles. The van der Waals surface area contributed by atoms with Crippen LogP contribution in [0.25, 0.3) is 0 Å². The summed E-state index contributed by atoms with van der Waals surface area (Å²) in [6.45, 7) is 5.00. The van der Waals surface area contributed by atoms with Crippen LogP contribution >= 0.6 is 0 Å². The minimum atomic E-state index is 0.113. The zero-order chi connectivity index (χ0) is 13.7. The van der Waals surface area contributed by atoms with Crippen molar-refractivity contribution >= 4 is 5.91 Å². The molecule has 1 aliphatic heterocycles. The standard InChI is InChI=1S/C15H22N2O2/c1-12-10-16-11-14(12)15(18)17(2)8-9-19-13-6-4-3-5-7-13/h3-7,12,14,16H,8-11H2,1-2H3/t12-,14-/m1/s1. The van der Waals surface area contributed by atoms with Gasteiger partial charge in [-0.2, -0.15) is 0 Å². The molecule has 2 rings (SSSR count). The zero-order valence-corrected chi connectivity index (χ0v) is 11.6. The Balaban J connectivity index is 1.75. The summed E-state index contributed by atoms with van der Waals surface area (Å²) in [7, 11) is 1.85. The molecule has 1 aromatic rings. The molecule has 1 amide bonds. The van der Waals surface area contributed by atoms with Gasteiger partial charge >= 0.3 is 0 Å². The van der Waals surface area contributed by atoms with Gasteiger partial charge in [-0.3, -0.25) is 4.79 Å². The summed E-state index contributed by atoms with van der Waals surface area (Å²) in [4.78, 5) is 14.0. The Labute approximate surface area is 114 Å². The van der Waals surface area contributed by atoms with E-state index in [9.17, 15) is 4.79 Å². The van der Waals surface area contributed by atoms with Crippen molar-refractivity contribution in [3.63, 3.8) is 0 Å². The third-order valence-corrected chi connectivity index (χ3v) is 3.65. The van der Waals surface area contributed by atoms with Gasteiger partial charge in [0.05, 0.1) is 12.5 Å². The molecule has 1 fully saturated rings. The predicted octanol–water partition coefficient (Wildman–Crippen LogP) is 1.38. The van der Waals surface area contributed by atoms with E-state index in [0.717, 1.165) is 18.8 Å². The summed E-state index contributed by atoms with van der Waals surface area (Å²) in [5, 5.41) is 3.26. The monoisotopic (exact) mass is 262 g/mol. The molecule has 0 unspecified atom stereocenters. The smallest absolute Gasteiger partial charge is 0.227 e. The number of nitrogens with one attached hydrogen (secondary N) is 1.